The topological polar surface area (TPSA) is 21.8 Å². The maximum atomic E-state index is 12.8. The van der Waals surface area contributed by atoms with Crippen molar-refractivity contribution in [2.45, 2.75) is 19.1 Å². The minimum absolute atomic E-state index is 0.529. The van der Waals surface area contributed by atoms with Crippen LogP contribution in [0.15, 0.2) is 24.3 Å². The Morgan fingerprint density at radius 1 is 1.19 bits per heavy atom. The molecule has 0 unspecified atom stereocenters. The molecule has 0 atom stereocenters. The zero-order chi connectivity index (χ0) is 19.2. The van der Waals surface area contributed by atoms with Crippen LogP contribution in [0.2, 0.25) is 0 Å². The van der Waals surface area contributed by atoms with E-state index in [-0.39, 0.29) is 0 Å². The molecule has 4 nitrogen and oxygen atoms in total. The maximum absolute atomic E-state index is 12.8. The third-order valence-electron chi connectivity index (χ3n) is 4.38. The number of benzene rings is 1. The zero-order valence-electron chi connectivity index (χ0n) is 15.4. The molecule has 0 spiro atoms. The SMILES string of the molecule is CN(C)CCCNC(=S)N1CCN(Cc2cccc(C(F)(F)F)c2)CC1. The minimum Gasteiger partial charge on any atom is -0.363 e. The van der Waals surface area contributed by atoms with Gasteiger partial charge in [0.05, 0.1) is 5.56 Å². The molecular formula is C18H27F3N4S. The van der Waals surface area contributed by atoms with Crippen molar-refractivity contribution in [2.24, 2.45) is 0 Å². The van der Waals surface area contributed by atoms with Gasteiger partial charge in [0.15, 0.2) is 5.11 Å². The number of hydrogen-bond donors (Lipinski definition) is 1. The molecular weight excluding hydrogens is 361 g/mol. The molecule has 1 aromatic rings. The second kappa shape index (κ2) is 9.53. The van der Waals surface area contributed by atoms with Gasteiger partial charge in [0.1, 0.15) is 0 Å². The van der Waals surface area contributed by atoms with E-state index in [0.29, 0.717) is 12.1 Å². The van der Waals surface area contributed by atoms with Gasteiger partial charge in [0.2, 0.25) is 0 Å². The third-order valence-corrected chi connectivity index (χ3v) is 4.78. The van der Waals surface area contributed by atoms with Gasteiger partial charge in [0, 0.05) is 39.3 Å². The summed E-state index contributed by atoms with van der Waals surface area (Å²) < 4.78 is 38.4. The quantitative estimate of drug-likeness (QED) is 0.596. The molecule has 1 saturated heterocycles. The van der Waals surface area contributed by atoms with Crippen LogP contribution in [0.3, 0.4) is 0 Å². The first-order valence-corrected chi connectivity index (χ1v) is 9.22. The first-order chi connectivity index (χ1) is 12.3. The van der Waals surface area contributed by atoms with Crippen LogP contribution in [-0.2, 0) is 12.7 Å². The number of piperazine rings is 1. The molecule has 146 valence electrons. The molecule has 0 saturated carbocycles. The van der Waals surface area contributed by atoms with Crippen LogP contribution in [0.4, 0.5) is 13.2 Å². The Labute approximate surface area is 158 Å². The van der Waals surface area contributed by atoms with Gasteiger partial charge in [-0.2, -0.15) is 13.2 Å². The Morgan fingerprint density at radius 2 is 1.88 bits per heavy atom. The van der Waals surface area contributed by atoms with E-state index in [1.807, 2.05) is 14.1 Å². The van der Waals surface area contributed by atoms with E-state index in [0.717, 1.165) is 56.9 Å². The average molecular weight is 389 g/mol. The Balaban J connectivity index is 1.75. The van der Waals surface area contributed by atoms with Crippen molar-refractivity contribution in [3.8, 4) is 0 Å². The lowest BCUT2D eigenvalue weighted by molar-refractivity contribution is -0.137. The minimum atomic E-state index is -4.29. The highest BCUT2D eigenvalue weighted by Gasteiger charge is 2.30. The van der Waals surface area contributed by atoms with E-state index in [2.05, 4.69) is 20.0 Å². The van der Waals surface area contributed by atoms with Crippen molar-refractivity contribution >= 4 is 17.3 Å². The molecule has 1 aromatic carbocycles. The molecule has 26 heavy (non-hydrogen) atoms. The molecule has 8 heteroatoms. The Kier molecular flexibility index (Phi) is 7.67. The Bertz CT molecular complexity index is 584. The molecule has 1 heterocycles. The van der Waals surface area contributed by atoms with Crippen LogP contribution in [0.5, 0.6) is 0 Å². The lowest BCUT2D eigenvalue weighted by Crippen LogP contribution is -2.51. The summed E-state index contributed by atoms with van der Waals surface area (Å²) in [7, 11) is 4.09. The highest BCUT2D eigenvalue weighted by Crippen LogP contribution is 2.29. The fourth-order valence-corrected chi connectivity index (χ4v) is 3.20. The van der Waals surface area contributed by atoms with E-state index < -0.39 is 11.7 Å². The molecule has 1 aliphatic heterocycles. The number of nitrogens with zero attached hydrogens (tertiary/aromatic N) is 3. The predicted molar refractivity (Wildman–Crippen MR) is 102 cm³/mol. The largest absolute Gasteiger partial charge is 0.416 e. The number of halogens is 3. The summed E-state index contributed by atoms with van der Waals surface area (Å²) in [6.07, 6.45) is -3.26. The van der Waals surface area contributed by atoms with Crippen molar-refractivity contribution in [3.05, 3.63) is 35.4 Å². The van der Waals surface area contributed by atoms with Crippen LogP contribution >= 0.6 is 12.2 Å². The van der Waals surface area contributed by atoms with Gasteiger partial charge >= 0.3 is 6.18 Å². The summed E-state index contributed by atoms with van der Waals surface area (Å²) in [5.41, 5.74) is 0.106. The predicted octanol–water partition coefficient (Wildman–Crippen LogP) is 2.65. The Morgan fingerprint density at radius 3 is 2.50 bits per heavy atom. The zero-order valence-corrected chi connectivity index (χ0v) is 16.2. The van der Waals surface area contributed by atoms with Crippen LogP contribution in [0.25, 0.3) is 0 Å². The molecule has 1 aliphatic rings. The summed E-state index contributed by atoms with van der Waals surface area (Å²) in [6.45, 7) is 5.55. The number of rotatable bonds is 6. The molecule has 0 amide bonds. The summed E-state index contributed by atoms with van der Waals surface area (Å²) in [6, 6.07) is 5.57. The van der Waals surface area contributed by atoms with Crippen molar-refractivity contribution < 1.29 is 13.2 Å². The van der Waals surface area contributed by atoms with Gasteiger partial charge in [-0.15, -0.1) is 0 Å². The molecule has 0 bridgehead atoms. The number of hydrogen-bond acceptors (Lipinski definition) is 3. The van der Waals surface area contributed by atoms with Gasteiger partial charge in [-0.05, 0) is 50.9 Å². The van der Waals surface area contributed by atoms with Crippen LogP contribution in [0.1, 0.15) is 17.5 Å². The smallest absolute Gasteiger partial charge is 0.363 e. The number of nitrogens with one attached hydrogen (secondary N) is 1. The highest BCUT2D eigenvalue weighted by atomic mass is 32.1. The van der Waals surface area contributed by atoms with Gasteiger partial charge in [-0.25, -0.2) is 0 Å². The summed E-state index contributed by atoms with van der Waals surface area (Å²) in [5.74, 6) is 0. The van der Waals surface area contributed by atoms with Crippen molar-refractivity contribution in [1.29, 1.82) is 0 Å². The summed E-state index contributed by atoms with van der Waals surface area (Å²) >= 11 is 5.44. The lowest BCUT2D eigenvalue weighted by Gasteiger charge is -2.36. The molecule has 2 rings (SSSR count). The van der Waals surface area contributed by atoms with Gasteiger partial charge in [-0.3, -0.25) is 4.90 Å². The fraction of sp³-hybridized carbons (Fsp3) is 0.611. The fourth-order valence-electron chi connectivity index (χ4n) is 2.92. The second-order valence-electron chi connectivity index (χ2n) is 6.85. The Hall–Kier alpha value is -1.38. The normalized spacial score (nSPS) is 16.2. The third kappa shape index (κ3) is 6.74. The first-order valence-electron chi connectivity index (χ1n) is 8.81. The van der Waals surface area contributed by atoms with Gasteiger partial charge in [0.25, 0.3) is 0 Å². The number of thiocarbonyl (C=S) groups is 1. The molecule has 0 radical (unpaired) electrons. The molecule has 1 N–H and O–H groups in total. The molecule has 1 fully saturated rings. The highest BCUT2D eigenvalue weighted by molar-refractivity contribution is 7.80. The van der Waals surface area contributed by atoms with E-state index in [1.54, 1.807) is 6.07 Å². The van der Waals surface area contributed by atoms with Crippen LogP contribution < -0.4 is 5.32 Å². The molecule has 0 aliphatic carbocycles. The van der Waals surface area contributed by atoms with E-state index in [1.165, 1.54) is 12.1 Å². The first kappa shape index (κ1) is 20.9. The summed E-state index contributed by atoms with van der Waals surface area (Å²) in [4.78, 5) is 6.44. The standard InChI is InChI=1S/C18H27F3N4S/c1-23(2)8-4-7-22-17(26)25-11-9-24(10-12-25)14-15-5-3-6-16(13-15)18(19,20)21/h3,5-6,13H,4,7-12,14H2,1-2H3,(H,22,26). The maximum Gasteiger partial charge on any atom is 0.416 e. The second-order valence-corrected chi connectivity index (χ2v) is 7.24. The van der Waals surface area contributed by atoms with E-state index >= 15 is 0 Å². The number of alkyl halides is 3. The average Bonchev–Trinajstić information content (AvgIpc) is 2.58. The van der Waals surface area contributed by atoms with E-state index in [9.17, 15) is 13.2 Å². The van der Waals surface area contributed by atoms with Crippen LogP contribution in [0, 0.1) is 0 Å². The van der Waals surface area contributed by atoms with E-state index in [4.69, 9.17) is 12.2 Å². The van der Waals surface area contributed by atoms with Crippen molar-refractivity contribution in [2.75, 3.05) is 53.4 Å². The van der Waals surface area contributed by atoms with Gasteiger partial charge < -0.3 is 15.1 Å². The lowest BCUT2D eigenvalue weighted by atomic mass is 10.1. The summed E-state index contributed by atoms with van der Waals surface area (Å²) in [5, 5.41) is 4.05. The molecule has 0 aromatic heterocycles. The van der Waals surface area contributed by atoms with Crippen molar-refractivity contribution in [1.82, 2.24) is 20.0 Å². The van der Waals surface area contributed by atoms with Crippen molar-refractivity contribution in [3.63, 3.8) is 0 Å². The van der Waals surface area contributed by atoms with Crippen LogP contribution in [-0.4, -0.2) is 73.2 Å². The van der Waals surface area contributed by atoms with Gasteiger partial charge in [-0.1, -0.05) is 18.2 Å². The monoisotopic (exact) mass is 388 g/mol.